The number of hydrogen-bond acceptors (Lipinski definition) is 5. The van der Waals surface area contributed by atoms with Crippen LogP contribution in [0.25, 0.3) is 0 Å². The van der Waals surface area contributed by atoms with E-state index in [9.17, 15) is 9.59 Å². The predicted molar refractivity (Wildman–Crippen MR) is 119 cm³/mol. The lowest BCUT2D eigenvalue weighted by Gasteiger charge is -2.36. The molecule has 0 atom stereocenters. The lowest BCUT2D eigenvalue weighted by molar-refractivity contribution is -0.136. The summed E-state index contributed by atoms with van der Waals surface area (Å²) < 4.78 is 5.46. The van der Waals surface area contributed by atoms with E-state index < -0.39 is 11.8 Å². The first kappa shape index (κ1) is 21.6. The second-order valence-corrected chi connectivity index (χ2v) is 7.48. The van der Waals surface area contributed by atoms with Crippen LogP contribution < -0.4 is 20.3 Å². The summed E-state index contributed by atoms with van der Waals surface area (Å²) >= 11 is 0. The van der Waals surface area contributed by atoms with Crippen molar-refractivity contribution in [1.82, 2.24) is 10.2 Å². The zero-order chi connectivity index (χ0) is 21.5. The van der Waals surface area contributed by atoms with Crippen molar-refractivity contribution in [3.8, 4) is 5.75 Å². The van der Waals surface area contributed by atoms with Crippen molar-refractivity contribution in [2.24, 2.45) is 0 Å². The molecule has 0 aromatic heterocycles. The number of nitrogens with one attached hydrogen (secondary N) is 2. The Morgan fingerprint density at radius 3 is 2.27 bits per heavy atom. The lowest BCUT2D eigenvalue weighted by Crippen LogP contribution is -2.49. The second-order valence-electron chi connectivity index (χ2n) is 7.48. The topological polar surface area (TPSA) is 73.9 Å². The highest BCUT2D eigenvalue weighted by Gasteiger charge is 2.20. The zero-order valence-electron chi connectivity index (χ0n) is 17.9. The summed E-state index contributed by atoms with van der Waals surface area (Å²) in [7, 11) is 1.69. The average Bonchev–Trinajstić information content (AvgIpc) is 2.76. The molecule has 3 rings (SSSR count). The van der Waals surface area contributed by atoms with Gasteiger partial charge in [-0.05, 0) is 37.1 Å². The molecule has 0 bridgehead atoms. The standard InChI is InChI=1S/C23H30N4O3/c1-17-7-6-8-18(2)21(17)25-23(29)22(28)24-11-12-26-13-15-27(16-14-26)19-9-4-5-10-20(19)30-3/h4-10H,11-16H2,1-3H3,(H,24,28)(H,25,29). The Morgan fingerprint density at radius 2 is 1.60 bits per heavy atom. The number of methoxy groups -OCH3 is 1. The fraction of sp³-hybridized carbons (Fsp3) is 0.391. The van der Waals surface area contributed by atoms with Crippen molar-refractivity contribution in [3.05, 3.63) is 53.6 Å². The van der Waals surface area contributed by atoms with E-state index in [0.29, 0.717) is 18.8 Å². The van der Waals surface area contributed by atoms with Crippen molar-refractivity contribution in [2.45, 2.75) is 13.8 Å². The van der Waals surface area contributed by atoms with Crippen LogP contribution >= 0.6 is 0 Å². The molecule has 1 heterocycles. The minimum atomic E-state index is -0.631. The molecule has 2 amide bonds. The van der Waals surface area contributed by atoms with Gasteiger partial charge in [0.05, 0.1) is 12.8 Å². The van der Waals surface area contributed by atoms with Gasteiger partial charge in [-0.3, -0.25) is 14.5 Å². The number of anilines is 2. The molecule has 0 spiro atoms. The van der Waals surface area contributed by atoms with E-state index in [0.717, 1.165) is 48.7 Å². The smallest absolute Gasteiger partial charge is 0.313 e. The highest BCUT2D eigenvalue weighted by Crippen LogP contribution is 2.28. The van der Waals surface area contributed by atoms with Gasteiger partial charge in [-0.2, -0.15) is 0 Å². The number of ether oxygens (including phenoxy) is 1. The normalized spacial score (nSPS) is 14.3. The summed E-state index contributed by atoms with van der Waals surface area (Å²) in [5, 5.41) is 5.44. The molecule has 160 valence electrons. The summed E-state index contributed by atoms with van der Waals surface area (Å²) in [6.45, 7) is 8.53. The maximum absolute atomic E-state index is 12.2. The fourth-order valence-corrected chi connectivity index (χ4v) is 3.69. The van der Waals surface area contributed by atoms with E-state index >= 15 is 0 Å². The van der Waals surface area contributed by atoms with E-state index in [2.05, 4.69) is 26.5 Å². The number of para-hydroxylation sites is 3. The quantitative estimate of drug-likeness (QED) is 0.714. The maximum Gasteiger partial charge on any atom is 0.313 e. The lowest BCUT2D eigenvalue weighted by atomic mass is 10.1. The first-order valence-electron chi connectivity index (χ1n) is 10.3. The summed E-state index contributed by atoms with van der Waals surface area (Å²) in [6.07, 6.45) is 0. The Hall–Kier alpha value is -3.06. The van der Waals surface area contributed by atoms with Gasteiger partial charge in [0, 0.05) is 45.0 Å². The summed E-state index contributed by atoms with van der Waals surface area (Å²) in [4.78, 5) is 29.0. The van der Waals surface area contributed by atoms with E-state index in [4.69, 9.17) is 4.74 Å². The molecule has 1 aliphatic heterocycles. The van der Waals surface area contributed by atoms with Gasteiger partial charge in [0.1, 0.15) is 5.75 Å². The van der Waals surface area contributed by atoms with Crippen LogP contribution in [0.15, 0.2) is 42.5 Å². The largest absolute Gasteiger partial charge is 0.495 e. The van der Waals surface area contributed by atoms with Crippen LogP contribution in [0.2, 0.25) is 0 Å². The first-order chi connectivity index (χ1) is 14.5. The number of nitrogens with zero attached hydrogens (tertiary/aromatic N) is 2. The third-order valence-electron chi connectivity index (χ3n) is 5.44. The van der Waals surface area contributed by atoms with Crippen LogP contribution in [0.3, 0.4) is 0 Å². The number of aryl methyl sites for hydroxylation is 2. The van der Waals surface area contributed by atoms with Crippen LogP contribution in [0, 0.1) is 13.8 Å². The Bertz CT molecular complexity index is 872. The average molecular weight is 411 g/mol. The second kappa shape index (κ2) is 10.1. The SMILES string of the molecule is COc1ccccc1N1CCN(CCNC(=O)C(=O)Nc2c(C)cccc2C)CC1. The maximum atomic E-state index is 12.2. The van der Waals surface area contributed by atoms with Crippen LogP contribution in [-0.2, 0) is 9.59 Å². The first-order valence-corrected chi connectivity index (χ1v) is 10.3. The molecule has 1 aliphatic rings. The number of carbonyl (C=O) groups excluding carboxylic acids is 2. The molecular formula is C23H30N4O3. The highest BCUT2D eigenvalue weighted by atomic mass is 16.5. The molecular weight excluding hydrogens is 380 g/mol. The summed E-state index contributed by atoms with van der Waals surface area (Å²) in [5.74, 6) is -0.355. The molecule has 0 radical (unpaired) electrons. The minimum Gasteiger partial charge on any atom is -0.495 e. The van der Waals surface area contributed by atoms with Gasteiger partial charge in [0.2, 0.25) is 0 Å². The van der Waals surface area contributed by atoms with Crippen molar-refractivity contribution in [2.75, 3.05) is 56.6 Å². The Balaban J connectivity index is 1.42. The Labute approximate surface area is 178 Å². The van der Waals surface area contributed by atoms with Gasteiger partial charge in [-0.15, -0.1) is 0 Å². The van der Waals surface area contributed by atoms with Crippen molar-refractivity contribution < 1.29 is 14.3 Å². The molecule has 7 nitrogen and oxygen atoms in total. The molecule has 1 fully saturated rings. The molecule has 0 aliphatic carbocycles. The highest BCUT2D eigenvalue weighted by molar-refractivity contribution is 6.39. The van der Waals surface area contributed by atoms with Crippen molar-refractivity contribution in [1.29, 1.82) is 0 Å². The molecule has 1 saturated heterocycles. The van der Waals surface area contributed by atoms with E-state index in [1.807, 2.05) is 50.2 Å². The number of carbonyl (C=O) groups is 2. The Morgan fingerprint density at radius 1 is 0.933 bits per heavy atom. The number of benzene rings is 2. The van der Waals surface area contributed by atoms with Gasteiger partial charge < -0.3 is 20.3 Å². The van der Waals surface area contributed by atoms with Crippen LogP contribution in [-0.4, -0.2) is 63.1 Å². The van der Waals surface area contributed by atoms with Gasteiger partial charge in [0.25, 0.3) is 0 Å². The molecule has 2 aromatic rings. The van der Waals surface area contributed by atoms with Crippen LogP contribution in [0.1, 0.15) is 11.1 Å². The van der Waals surface area contributed by atoms with E-state index in [1.54, 1.807) is 7.11 Å². The minimum absolute atomic E-state index is 0.438. The van der Waals surface area contributed by atoms with Crippen molar-refractivity contribution in [3.63, 3.8) is 0 Å². The zero-order valence-corrected chi connectivity index (χ0v) is 17.9. The van der Waals surface area contributed by atoms with Gasteiger partial charge in [0.15, 0.2) is 0 Å². The molecule has 2 N–H and O–H groups in total. The van der Waals surface area contributed by atoms with Crippen LogP contribution in [0.5, 0.6) is 5.75 Å². The molecule has 30 heavy (non-hydrogen) atoms. The summed E-state index contributed by atoms with van der Waals surface area (Å²) in [6, 6.07) is 13.8. The number of amides is 2. The summed E-state index contributed by atoms with van der Waals surface area (Å²) in [5.41, 5.74) is 3.68. The monoisotopic (exact) mass is 410 g/mol. The van der Waals surface area contributed by atoms with Gasteiger partial charge in [-0.1, -0.05) is 30.3 Å². The van der Waals surface area contributed by atoms with E-state index in [1.165, 1.54) is 0 Å². The molecule has 7 heteroatoms. The molecule has 0 unspecified atom stereocenters. The van der Waals surface area contributed by atoms with Gasteiger partial charge >= 0.3 is 11.8 Å². The third kappa shape index (κ3) is 5.30. The third-order valence-corrected chi connectivity index (χ3v) is 5.44. The molecule has 0 saturated carbocycles. The van der Waals surface area contributed by atoms with Crippen LogP contribution in [0.4, 0.5) is 11.4 Å². The number of piperazine rings is 1. The Kier molecular flexibility index (Phi) is 7.30. The van der Waals surface area contributed by atoms with Gasteiger partial charge in [-0.25, -0.2) is 0 Å². The number of hydrogen-bond donors (Lipinski definition) is 2. The molecule has 2 aromatic carbocycles. The predicted octanol–water partition coefficient (Wildman–Crippen LogP) is 2.19. The van der Waals surface area contributed by atoms with Crippen molar-refractivity contribution >= 4 is 23.2 Å². The van der Waals surface area contributed by atoms with E-state index in [-0.39, 0.29) is 0 Å². The fourth-order valence-electron chi connectivity index (χ4n) is 3.69. The number of rotatable bonds is 6.